The van der Waals surface area contributed by atoms with Crippen LogP contribution in [0.3, 0.4) is 0 Å². The topological polar surface area (TPSA) is 71.1 Å². The zero-order valence-corrected chi connectivity index (χ0v) is 19.4. The highest BCUT2D eigenvalue weighted by Gasteiger charge is 2.35. The third-order valence-corrected chi connectivity index (χ3v) is 5.64. The van der Waals surface area contributed by atoms with Gasteiger partial charge in [-0.15, -0.1) is 0 Å². The lowest BCUT2D eigenvalue weighted by molar-refractivity contribution is -0.178. The molecule has 0 amide bonds. The molecule has 3 rings (SSSR count). The molecule has 0 spiro atoms. The second-order valence-electron chi connectivity index (χ2n) is 7.81. The van der Waals surface area contributed by atoms with Gasteiger partial charge in [0.15, 0.2) is 0 Å². The summed E-state index contributed by atoms with van der Waals surface area (Å²) >= 11 is 6.49. The number of benzene rings is 2. The molecule has 3 atom stereocenters. The molecule has 0 radical (unpaired) electrons. The SMILES string of the molecule is CCOc1ccc(Cc2cc(C3OC(COC(C)=O)CCC3OC(C)=O)ccc2Cl)cc1. The summed E-state index contributed by atoms with van der Waals surface area (Å²) in [5, 5.41) is 0.652. The Kier molecular flexibility index (Phi) is 8.53. The fraction of sp³-hybridized carbons (Fsp3) is 0.440. The van der Waals surface area contributed by atoms with Crippen LogP contribution in [0.4, 0.5) is 0 Å². The largest absolute Gasteiger partial charge is 0.494 e. The standard InChI is InChI=1S/C25H29ClO6/c1-4-29-21-8-5-18(6-9-21)13-20-14-19(7-11-23(20)26)25-24(31-17(3)28)12-10-22(32-25)15-30-16(2)27/h5-9,11,14,22,24-25H,4,10,12-13,15H2,1-3H3. The van der Waals surface area contributed by atoms with Gasteiger partial charge in [0.1, 0.15) is 24.6 Å². The van der Waals surface area contributed by atoms with E-state index in [1.54, 1.807) is 0 Å². The number of ether oxygens (including phenoxy) is 4. The van der Waals surface area contributed by atoms with Crippen LogP contribution in [0, 0.1) is 0 Å². The number of rotatable bonds is 8. The van der Waals surface area contributed by atoms with E-state index in [4.69, 9.17) is 30.5 Å². The molecule has 0 N–H and O–H groups in total. The first-order chi connectivity index (χ1) is 15.4. The molecule has 6 nitrogen and oxygen atoms in total. The van der Waals surface area contributed by atoms with Crippen molar-refractivity contribution in [3.63, 3.8) is 0 Å². The number of esters is 2. The van der Waals surface area contributed by atoms with E-state index in [1.165, 1.54) is 13.8 Å². The molecule has 1 aliphatic heterocycles. The second-order valence-corrected chi connectivity index (χ2v) is 8.22. The molecule has 1 saturated heterocycles. The van der Waals surface area contributed by atoms with Crippen molar-refractivity contribution in [3.05, 3.63) is 64.2 Å². The molecule has 2 aromatic rings. The normalized spacial score (nSPS) is 20.4. The quantitative estimate of drug-likeness (QED) is 0.514. The molecule has 0 aromatic heterocycles. The zero-order chi connectivity index (χ0) is 23.1. The van der Waals surface area contributed by atoms with Gasteiger partial charge in [-0.2, -0.15) is 0 Å². The summed E-state index contributed by atoms with van der Waals surface area (Å²) < 4.78 is 22.4. The van der Waals surface area contributed by atoms with Gasteiger partial charge in [0.05, 0.1) is 12.7 Å². The van der Waals surface area contributed by atoms with Crippen molar-refractivity contribution in [1.29, 1.82) is 0 Å². The van der Waals surface area contributed by atoms with Crippen LogP contribution in [0.25, 0.3) is 0 Å². The summed E-state index contributed by atoms with van der Waals surface area (Å²) in [6.45, 7) is 5.50. The average molecular weight is 461 g/mol. The Bertz CT molecular complexity index is 927. The molecule has 3 unspecified atom stereocenters. The summed E-state index contributed by atoms with van der Waals surface area (Å²) in [6.07, 6.45) is 0.744. The lowest BCUT2D eigenvalue weighted by Gasteiger charge is -2.36. The molecule has 1 heterocycles. The summed E-state index contributed by atoms with van der Waals surface area (Å²) in [7, 11) is 0. The summed E-state index contributed by atoms with van der Waals surface area (Å²) in [5.74, 6) is 0.122. The highest BCUT2D eigenvalue weighted by atomic mass is 35.5. The fourth-order valence-corrected chi connectivity index (χ4v) is 4.01. The van der Waals surface area contributed by atoms with Gasteiger partial charge in [0.2, 0.25) is 0 Å². The molecule has 7 heteroatoms. The third-order valence-electron chi connectivity index (χ3n) is 5.27. The Hall–Kier alpha value is -2.57. The van der Waals surface area contributed by atoms with Crippen LogP contribution >= 0.6 is 11.6 Å². The van der Waals surface area contributed by atoms with Crippen LogP contribution in [-0.2, 0) is 30.2 Å². The van der Waals surface area contributed by atoms with Gasteiger partial charge in [-0.05, 0) is 61.1 Å². The van der Waals surface area contributed by atoms with Crippen molar-refractivity contribution in [1.82, 2.24) is 0 Å². The molecule has 2 aromatic carbocycles. The van der Waals surface area contributed by atoms with Crippen molar-refractivity contribution >= 4 is 23.5 Å². The molecule has 1 aliphatic rings. The lowest BCUT2D eigenvalue weighted by Crippen LogP contribution is -2.38. The van der Waals surface area contributed by atoms with E-state index >= 15 is 0 Å². The van der Waals surface area contributed by atoms with Crippen molar-refractivity contribution in [2.45, 2.75) is 58.3 Å². The van der Waals surface area contributed by atoms with Gasteiger partial charge in [0, 0.05) is 18.9 Å². The molecular formula is C25H29ClO6. The van der Waals surface area contributed by atoms with Gasteiger partial charge in [-0.25, -0.2) is 0 Å². The van der Waals surface area contributed by atoms with Crippen molar-refractivity contribution < 1.29 is 28.5 Å². The van der Waals surface area contributed by atoms with Crippen LogP contribution in [0.5, 0.6) is 5.75 Å². The maximum absolute atomic E-state index is 11.6. The Morgan fingerprint density at radius 3 is 2.47 bits per heavy atom. The van der Waals surface area contributed by atoms with E-state index in [-0.39, 0.29) is 24.6 Å². The maximum atomic E-state index is 11.6. The van der Waals surface area contributed by atoms with E-state index in [1.807, 2.05) is 49.4 Å². The Balaban J connectivity index is 1.81. The number of carbonyl (C=O) groups excluding carboxylic acids is 2. The second kappa shape index (κ2) is 11.3. The summed E-state index contributed by atoms with van der Waals surface area (Å²) in [5.41, 5.74) is 2.91. The van der Waals surface area contributed by atoms with Gasteiger partial charge < -0.3 is 18.9 Å². The van der Waals surface area contributed by atoms with Gasteiger partial charge in [-0.1, -0.05) is 35.9 Å². The zero-order valence-electron chi connectivity index (χ0n) is 18.6. The van der Waals surface area contributed by atoms with E-state index < -0.39 is 12.2 Å². The number of hydrogen-bond acceptors (Lipinski definition) is 6. The predicted molar refractivity (Wildman–Crippen MR) is 121 cm³/mol. The fourth-order valence-electron chi connectivity index (χ4n) is 3.82. The molecule has 0 bridgehead atoms. The Morgan fingerprint density at radius 2 is 1.81 bits per heavy atom. The van der Waals surface area contributed by atoms with Crippen molar-refractivity contribution in [2.75, 3.05) is 13.2 Å². The average Bonchev–Trinajstić information content (AvgIpc) is 2.76. The highest BCUT2D eigenvalue weighted by Crippen LogP contribution is 2.36. The van der Waals surface area contributed by atoms with Crippen LogP contribution in [0.15, 0.2) is 42.5 Å². The van der Waals surface area contributed by atoms with Crippen LogP contribution in [0.2, 0.25) is 5.02 Å². The summed E-state index contributed by atoms with van der Waals surface area (Å²) in [6, 6.07) is 13.6. The minimum absolute atomic E-state index is 0.172. The first kappa shape index (κ1) is 24.1. The molecule has 32 heavy (non-hydrogen) atoms. The highest BCUT2D eigenvalue weighted by molar-refractivity contribution is 6.31. The van der Waals surface area contributed by atoms with Crippen LogP contribution < -0.4 is 4.74 Å². The van der Waals surface area contributed by atoms with E-state index in [9.17, 15) is 9.59 Å². The molecule has 0 aliphatic carbocycles. The van der Waals surface area contributed by atoms with Gasteiger partial charge in [-0.3, -0.25) is 9.59 Å². The smallest absolute Gasteiger partial charge is 0.303 e. The number of halogens is 1. The van der Waals surface area contributed by atoms with E-state index in [0.29, 0.717) is 30.9 Å². The Labute approximate surface area is 193 Å². The van der Waals surface area contributed by atoms with Crippen molar-refractivity contribution in [2.24, 2.45) is 0 Å². The summed E-state index contributed by atoms with van der Waals surface area (Å²) in [4.78, 5) is 22.8. The van der Waals surface area contributed by atoms with Crippen LogP contribution in [-0.4, -0.2) is 37.4 Å². The van der Waals surface area contributed by atoms with Crippen molar-refractivity contribution in [3.8, 4) is 5.75 Å². The van der Waals surface area contributed by atoms with Crippen LogP contribution in [0.1, 0.15) is 56.4 Å². The van der Waals surface area contributed by atoms with E-state index in [0.717, 1.165) is 22.4 Å². The predicted octanol–water partition coefficient (Wildman–Crippen LogP) is 5.04. The maximum Gasteiger partial charge on any atom is 0.303 e. The number of hydrogen-bond donors (Lipinski definition) is 0. The third kappa shape index (κ3) is 6.71. The van der Waals surface area contributed by atoms with E-state index in [2.05, 4.69) is 0 Å². The molecular weight excluding hydrogens is 432 g/mol. The molecule has 1 fully saturated rings. The molecule has 172 valence electrons. The van der Waals surface area contributed by atoms with Gasteiger partial charge >= 0.3 is 11.9 Å². The van der Waals surface area contributed by atoms with Gasteiger partial charge in [0.25, 0.3) is 0 Å². The first-order valence-corrected chi connectivity index (χ1v) is 11.2. The minimum Gasteiger partial charge on any atom is -0.494 e. The first-order valence-electron chi connectivity index (χ1n) is 10.8. The molecule has 0 saturated carbocycles. The Morgan fingerprint density at radius 1 is 1.06 bits per heavy atom. The minimum atomic E-state index is -0.468. The number of carbonyl (C=O) groups is 2. The monoisotopic (exact) mass is 460 g/mol. The lowest BCUT2D eigenvalue weighted by atomic mass is 9.93.